The predicted octanol–water partition coefficient (Wildman–Crippen LogP) is 2.03. The van der Waals surface area contributed by atoms with Gasteiger partial charge in [0, 0.05) is 23.5 Å². The Balaban J connectivity index is 2.19. The highest BCUT2D eigenvalue weighted by molar-refractivity contribution is 8.21. The zero-order valence-corrected chi connectivity index (χ0v) is 9.46. The first-order chi connectivity index (χ1) is 7.22. The molecule has 1 heterocycles. The van der Waals surface area contributed by atoms with Crippen LogP contribution in [0.15, 0.2) is 29.2 Å². The molecule has 15 heavy (non-hydrogen) atoms. The molecule has 0 aromatic heterocycles. The van der Waals surface area contributed by atoms with Crippen molar-refractivity contribution in [2.75, 3.05) is 11.4 Å². The van der Waals surface area contributed by atoms with E-state index in [0.29, 0.717) is 13.0 Å². The fourth-order valence-electron chi connectivity index (χ4n) is 1.60. The lowest BCUT2D eigenvalue weighted by Crippen LogP contribution is -2.28. The smallest absolute Gasteiger partial charge is 0.255 e. The van der Waals surface area contributed by atoms with Crippen LogP contribution >= 0.6 is 21.7 Å². The van der Waals surface area contributed by atoms with Gasteiger partial charge in [-0.3, -0.25) is 4.79 Å². The summed E-state index contributed by atoms with van der Waals surface area (Å²) in [6.45, 7) is 0.577. The van der Waals surface area contributed by atoms with E-state index in [0.717, 1.165) is 21.6 Å². The number of hydrogen-bond acceptors (Lipinski definition) is 3. The van der Waals surface area contributed by atoms with Crippen molar-refractivity contribution >= 4 is 33.3 Å². The second-order valence-corrected chi connectivity index (χ2v) is 4.45. The van der Waals surface area contributed by atoms with Crippen molar-refractivity contribution in [2.45, 2.75) is 17.4 Å². The normalized spacial score (nSPS) is 21.1. The van der Waals surface area contributed by atoms with E-state index in [1.165, 1.54) is 0 Å². The third kappa shape index (κ3) is 2.12. The Morgan fingerprint density at radius 1 is 1.40 bits per heavy atom. The highest BCUT2D eigenvalue weighted by Crippen LogP contribution is 2.27. The fourth-order valence-corrected chi connectivity index (χ4v) is 2.15. The lowest BCUT2D eigenvalue weighted by molar-refractivity contribution is -0.123. The third-order valence-corrected chi connectivity index (χ3v) is 3.40. The minimum atomic E-state index is -0.841. The zero-order valence-electron chi connectivity index (χ0n) is 7.89. The summed E-state index contributed by atoms with van der Waals surface area (Å²) in [6, 6.07) is 7.37. The highest BCUT2D eigenvalue weighted by atomic mass is 35.7. The molecule has 80 valence electrons. The molecule has 2 rings (SSSR count). The van der Waals surface area contributed by atoms with Crippen LogP contribution in [0.4, 0.5) is 5.69 Å². The van der Waals surface area contributed by atoms with E-state index >= 15 is 0 Å². The van der Waals surface area contributed by atoms with Crippen LogP contribution in [0.25, 0.3) is 0 Å². The topological polar surface area (TPSA) is 40.5 Å². The Hall–Kier alpha value is -0.710. The van der Waals surface area contributed by atoms with Crippen LogP contribution in [0.3, 0.4) is 0 Å². The molecule has 1 aromatic carbocycles. The monoisotopic (exact) mass is 243 g/mol. The van der Waals surface area contributed by atoms with Gasteiger partial charge in [0.15, 0.2) is 0 Å². The van der Waals surface area contributed by atoms with Crippen molar-refractivity contribution in [1.82, 2.24) is 0 Å². The standard InChI is InChI=1S/C10H10ClNO2S/c11-15-8-3-1-7(2-4-8)12-6-5-9(13)10(12)14/h1-4,9,13H,5-6H2. The molecule has 1 unspecified atom stereocenters. The number of carbonyl (C=O) groups excluding carboxylic acids is 1. The SMILES string of the molecule is O=C1C(O)CCN1c1ccc(SCl)cc1. The number of aliphatic hydroxyl groups excluding tert-OH is 1. The number of nitrogens with zero attached hydrogens (tertiary/aromatic N) is 1. The van der Waals surface area contributed by atoms with Gasteiger partial charge in [0.05, 0.1) is 0 Å². The second-order valence-electron chi connectivity index (χ2n) is 3.37. The number of anilines is 1. The minimum Gasteiger partial charge on any atom is -0.383 e. The quantitative estimate of drug-likeness (QED) is 0.864. The first kappa shape index (κ1) is 10.8. The molecule has 0 spiro atoms. The summed E-state index contributed by atoms with van der Waals surface area (Å²) in [5.74, 6) is -0.221. The van der Waals surface area contributed by atoms with Gasteiger partial charge < -0.3 is 10.0 Å². The van der Waals surface area contributed by atoms with Gasteiger partial charge in [0.25, 0.3) is 5.91 Å². The van der Waals surface area contributed by atoms with Gasteiger partial charge in [0.2, 0.25) is 0 Å². The van der Waals surface area contributed by atoms with Gasteiger partial charge in [-0.1, -0.05) is 0 Å². The molecule has 0 saturated carbocycles. The van der Waals surface area contributed by atoms with Crippen LogP contribution < -0.4 is 4.90 Å². The molecule has 0 bridgehead atoms. The van der Waals surface area contributed by atoms with Crippen LogP contribution in [0.5, 0.6) is 0 Å². The van der Waals surface area contributed by atoms with Gasteiger partial charge in [-0.05, 0) is 45.9 Å². The molecular formula is C10H10ClNO2S. The van der Waals surface area contributed by atoms with E-state index < -0.39 is 6.10 Å². The van der Waals surface area contributed by atoms with Crippen molar-refractivity contribution in [3.63, 3.8) is 0 Å². The summed E-state index contributed by atoms with van der Waals surface area (Å²) < 4.78 is 0. The van der Waals surface area contributed by atoms with E-state index in [-0.39, 0.29) is 5.91 Å². The Bertz CT molecular complexity index is 368. The Labute approximate surface area is 96.5 Å². The number of aliphatic hydroxyl groups is 1. The number of rotatable bonds is 2. The van der Waals surface area contributed by atoms with Gasteiger partial charge in [-0.2, -0.15) is 0 Å². The van der Waals surface area contributed by atoms with Crippen molar-refractivity contribution in [3.8, 4) is 0 Å². The van der Waals surface area contributed by atoms with Gasteiger partial charge in [-0.15, -0.1) is 0 Å². The fraction of sp³-hybridized carbons (Fsp3) is 0.300. The molecule has 1 fully saturated rings. The van der Waals surface area contributed by atoms with Crippen LogP contribution in [-0.2, 0) is 4.79 Å². The highest BCUT2D eigenvalue weighted by Gasteiger charge is 2.30. The molecule has 1 aliphatic heterocycles. The van der Waals surface area contributed by atoms with E-state index in [2.05, 4.69) is 0 Å². The largest absolute Gasteiger partial charge is 0.383 e. The molecular weight excluding hydrogens is 234 g/mol. The first-order valence-corrected chi connectivity index (χ1v) is 6.25. The van der Waals surface area contributed by atoms with Crippen molar-refractivity contribution < 1.29 is 9.90 Å². The Morgan fingerprint density at radius 3 is 2.53 bits per heavy atom. The molecule has 1 aromatic rings. The number of carbonyl (C=O) groups is 1. The third-order valence-electron chi connectivity index (χ3n) is 2.41. The van der Waals surface area contributed by atoms with Gasteiger partial charge in [0.1, 0.15) is 6.10 Å². The summed E-state index contributed by atoms with van der Waals surface area (Å²) in [4.78, 5) is 14.0. The molecule has 1 aliphatic rings. The van der Waals surface area contributed by atoms with E-state index in [9.17, 15) is 9.90 Å². The molecule has 1 amide bonds. The molecule has 0 radical (unpaired) electrons. The van der Waals surface area contributed by atoms with Crippen molar-refractivity contribution in [3.05, 3.63) is 24.3 Å². The lowest BCUT2D eigenvalue weighted by atomic mass is 10.3. The number of halogens is 1. The average molecular weight is 244 g/mol. The second kappa shape index (κ2) is 4.43. The number of amides is 1. The summed E-state index contributed by atoms with van der Waals surface area (Å²) in [5, 5.41) is 9.31. The van der Waals surface area contributed by atoms with E-state index in [1.807, 2.05) is 24.3 Å². The van der Waals surface area contributed by atoms with Crippen molar-refractivity contribution in [1.29, 1.82) is 0 Å². The maximum atomic E-state index is 11.5. The summed E-state index contributed by atoms with van der Waals surface area (Å²) in [5.41, 5.74) is 0.811. The van der Waals surface area contributed by atoms with Gasteiger partial charge >= 0.3 is 0 Å². The average Bonchev–Trinajstić information content (AvgIpc) is 2.60. The van der Waals surface area contributed by atoms with Gasteiger partial charge in [-0.25, -0.2) is 0 Å². The van der Waals surface area contributed by atoms with Crippen LogP contribution in [0.2, 0.25) is 0 Å². The van der Waals surface area contributed by atoms with E-state index in [1.54, 1.807) is 4.90 Å². The van der Waals surface area contributed by atoms with Crippen LogP contribution in [0, 0.1) is 0 Å². The molecule has 1 atom stereocenters. The summed E-state index contributed by atoms with van der Waals surface area (Å²) in [7, 11) is 6.73. The minimum absolute atomic E-state index is 0.221. The maximum Gasteiger partial charge on any atom is 0.255 e. The van der Waals surface area contributed by atoms with Crippen LogP contribution in [-0.4, -0.2) is 23.7 Å². The molecule has 0 aliphatic carbocycles. The predicted molar refractivity (Wildman–Crippen MR) is 61.1 cm³/mol. The Kier molecular flexibility index (Phi) is 3.19. The van der Waals surface area contributed by atoms with Crippen LogP contribution in [0.1, 0.15) is 6.42 Å². The summed E-state index contributed by atoms with van der Waals surface area (Å²) >= 11 is 0. The Morgan fingerprint density at radius 2 is 2.07 bits per heavy atom. The molecule has 1 N–H and O–H groups in total. The maximum absolute atomic E-state index is 11.5. The molecule has 5 heteroatoms. The first-order valence-electron chi connectivity index (χ1n) is 4.60. The summed E-state index contributed by atoms with van der Waals surface area (Å²) in [6.07, 6.45) is -0.336. The lowest BCUT2D eigenvalue weighted by Gasteiger charge is -2.15. The van der Waals surface area contributed by atoms with Crippen molar-refractivity contribution in [2.24, 2.45) is 0 Å². The molecule has 3 nitrogen and oxygen atoms in total. The molecule has 1 saturated heterocycles. The zero-order chi connectivity index (χ0) is 10.8. The van der Waals surface area contributed by atoms with E-state index in [4.69, 9.17) is 10.7 Å². The number of benzene rings is 1. The number of hydrogen-bond donors (Lipinski definition) is 1.